The van der Waals surface area contributed by atoms with Gasteiger partial charge in [-0.2, -0.15) is 0 Å². The van der Waals surface area contributed by atoms with Crippen molar-refractivity contribution in [3.8, 4) is 0 Å². The minimum Gasteiger partial charge on any atom is -0.355 e. The molecule has 1 aliphatic heterocycles. The number of nitrogens with one attached hydrogen (secondary N) is 1. The molecular formula is C22H22N4S2. The van der Waals surface area contributed by atoms with Gasteiger partial charge in [0.15, 0.2) is 0 Å². The molecule has 0 aliphatic carbocycles. The summed E-state index contributed by atoms with van der Waals surface area (Å²) in [5.74, 6) is 0. The van der Waals surface area contributed by atoms with E-state index in [1.165, 1.54) is 20.5 Å². The van der Waals surface area contributed by atoms with E-state index in [-0.39, 0.29) is 0 Å². The molecule has 1 N–H and O–H groups in total. The highest BCUT2D eigenvalue weighted by molar-refractivity contribution is 7.19. The summed E-state index contributed by atoms with van der Waals surface area (Å²) in [7, 11) is 0. The first-order chi connectivity index (χ1) is 13.7. The summed E-state index contributed by atoms with van der Waals surface area (Å²) in [5.41, 5.74) is 6.51. The molecule has 0 bridgehead atoms. The van der Waals surface area contributed by atoms with Crippen LogP contribution in [0.25, 0.3) is 26.0 Å². The monoisotopic (exact) mass is 406 g/mol. The van der Waals surface area contributed by atoms with Crippen molar-refractivity contribution in [1.82, 2.24) is 14.9 Å². The summed E-state index contributed by atoms with van der Waals surface area (Å²) >= 11 is 3.46. The maximum absolute atomic E-state index is 4.63. The first kappa shape index (κ1) is 17.8. The number of hydrogen-bond acceptors (Lipinski definition) is 6. The molecule has 4 aromatic rings. The molecular weight excluding hydrogens is 384 g/mol. The molecule has 0 spiro atoms. The Morgan fingerprint density at radius 2 is 2.14 bits per heavy atom. The van der Waals surface area contributed by atoms with Gasteiger partial charge in [-0.05, 0) is 55.8 Å². The Labute approximate surface area is 172 Å². The molecule has 1 aliphatic rings. The fraction of sp³-hybridized carbons (Fsp3) is 0.273. The van der Waals surface area contributed by atoms with Crippen LogP contribution in [0.4, 0.5) is 11.4 Å². The first-order valence-electron chi connectivity index (χ1n) is 9.66. The Hall–Kier alpha value is -2.28. The summed E-state index contributed by atoms with van der Waals surface area (Å²) < 4.78 is 1.21. The van der Waals surface area contributed by atoms with Crippen LogP contribution in [0.15, 0.2) is 48.1 Å². The first-order valence-corrected chi connectivity index (χ1v) is 11.4. The molecule has 0 fully saturated rings. The number of likely N-dealkylation sites (N-methyl/N-ethyl adjacent to an activating group) is 1. The molecule has 28 heavy (non-hydrogen) atoms. The lowest BCUT2D eigenvalue weighted by molar-refractivity contribution is 0.257. The van der Waals surface area contributed by atoms with E-state index in [9.17, 15) is 0 Å². The van der Waals surface area contributed by atoms with Gasteiger partial charge in [0.25, 0.3) is 0 Å². The van der Waals surface area contributed by atoms with Gasteiger partial charge < -0.3 is 5.32 Å². The van der Waals surface area contributed by atoms with E-state index >= 15 is 0 Å². The Bertz CT molecular complexity index is 1170. The van der Waals surface area contributed by atoms with Crippen molar-refractivity contribution in [2.45, 2.75) is 26.3 Å². The highest BCUT2D eigenvalue weighted by Crippen LogP contribution is 2.38. The van der Waals surface area contributed by atoms with Crippen LogP contribution >= 0.6 is 22.7 Å². The number of rotatable bonds is 4. The van der Waals surface area contributed by atoms with Crippen LogP contribution in [0.5, 0.6) is 0 Å². The van der Waals surface area contributed by atoms with Gasteiger partial charge >= 0.3 is 0 Å². The Balaban J connectivity index is 1.51. The molecule has 0 saturated heterocycles. The highest BCUT2D eigenvalue weighted by Gasteiger charge is 2.23. The lowest BCUT2D eigenvalue weighted by atomic mass is 9.99. The standard InChI is InChI=1S/C22H22N4S2/c1-3-26-10-4-5-16(14(26)2)21-12-17-18(8-9-23-22(17)28-21)25-15-6-7-20-19(11-15)24-13-27-20/h5-9,11-14H,3-4,10H2,1-2H3,(H,23,25)/t14-/m0/s1. The minimum atomic E-state index is 0.454. The number of nitrogens with zero attached hydrogens (tertiary/aromatic N) is 3. The molecule has 1 aromatic carbocycles. The van der Waals surface area contributed by atoms with Gasteiger partial charge in [0.05, 0.1) is 21.4 Å². The number of fused-ring (bicyclic) bond motifs is 2. The van der Waals surface area contributed by atoms with Crippen LogP contribution in [0, 0.1) is 0 Å². The van der Waals surface area contributed by atoms with E-state index < -0.39 is 0 Å². The van der Waals surface area contributed by atoms with Gasteiger partial charge in [-0.3, -0.25) is 4.90 Å². The molecule has 0 amide bonds. The topological polar surface area (TPSA) is 41.0 Å². The van der Waals surface area contributed by atoms with Crippen LogP contribution in [0.3, 0.4) is 0 Å². The second-order valence-corrected chi connectivity index (χ2v) is 9.02. The van der Waals surface area contributed by atoms with E-state index in [2.05, 4.69) is 70.4 Å². The number of thiophene rings is 1. The molecule has 0 radical (unpaired) electrons. The molecule has 4 nitrogen and oxygen atoms in total. The Kier molecular flexibility index (Phi) is 4.62. The van der Waals surface area contributed by atoms with Crippen molar-refractivity contribution < 1.29 is 0 Å². The second-order valence-electron chi connectivity index (χ2n) is 7.10. The molecule has 6 heteroatoms. The van der Waals surface area contributed by atoms with Crippen LogP contribution in [0.2, 0.25) is 0 Å². The number of pyridine rings is 1. The maximum Gasteiger partial charge on any atom is 0.125 e. The molecule has 142 valence electrons. The van der Waals surface area contributed by atoms with Crippen molar-refractivity contribution in [2.24, 2.45) is 0 Å². The van der Waals surface area contributed by atoms with Crippen LogP contribution in [-0.4, -0.2) is 34.0 Å². The van der Waals surface area contributed by atoms with Crippen LogP contribution in [-0.2, 0) is 0 Å². The maximum atomic E-state index is 4.63. The van der Waals surface area contributed by atoms with Crippen molar-refractivity contribution in [3.63, 3.8) is 0 Å². The molecule has 0 unspecified atom stereocenters. The van der Waals surface area contributed by atoms with E-state index in [0.29, 0.717) is 6.04 Å². The van der Waals surface area contributed by atoms with Gasteiger partial charge in [0.2, 0.25) is 0 Å². The summed E-state index contributed by atoms with van der Waals surface area (Å²) in [6, 6.07) is 11.2. The van der Waals surface area contributed by atoms with Crippen molar-refractivity contribution >= 4 is 60.1 Å². The third-order valence-corrected chi connectivity index (χ3v) is 7.42. The Morgan fingerprint density at radius 1 is 1.21 bits per heavy atom. The van der Waals surface area contributed by atoms with Crippen LogP contribution < -0.4 is 5.32 Å². The van der Waals surface area contributed by atoms with Crippen LogP contribution in [0.1, 0.15) is 25.1 Å². The van der Waals surface area contributed by atoms with Crippen molar-refractivity contribution in [3.05, 3.63) is 53.0 Å². The third kappa shape index (κ3) is 3.11. The zero-order valence-corrected chi connectivity index (χ0v) is 17.6. The number of anilines is 2. The van der Waals surface area contributed by atoms with E-state index in [0.717, 1.165) is 41.2 Å². The molecule has 0 saturated carbocycles. The molecule has 3 aromatic heterocycles. The van der Waals surface area contributed by atoms with Gasteiger partial charge in [0, 0.05) is 34.7 Å². The van der Waals surface area contributed by atoms with Gasteiger partial charge in [0.1, 0.15) is 4.83 Å². The average Bonchev–Trinajstić information content (AvgIpc) is 3.35. The third-order valence-electron chi connectivity index (χ3n) is 5.51. The van der Waals surface area contributed by atoms with Gasteiger partial charge in [-0.1, -0.05) is 13.0 Å². The SMILES string of the molecule is CCN1CCC=C(c2cc3c(Nc4ccc5scnc5c4)ccnc3s2)[C@@H]1C. The molecule has 4 heterocycles. The summed E-state index contributed by atoms with van der Waals surface area (Å²) in [6.45, 7) is 6.80. The number of hydrogen-bond donors (Lipinski definition) is 1. The Morgan fingerprint density at radius 3 is 3.04 bits per heavy atom. The van der Waals surface area contributed by atoms with E-state index in [4.69, 9.17) is 0 Å². The van der Waals surface area contributed by atoms with E-state index in [1.807, 2.05) is 11.7 Å². The summed E-state index contributed by atoms with van der Waals surface area (Å²) in [6.07, 6.45) is 5.42. The molecule has 5 rings (SSSR count). The highest BCUT2D eigenvalue weighted by atomic mass is 32.1. The normalized spacial score (nSPS) is 17.9. The molecule has 1 atom stereocenters. The van der Waals surface area contributed by atoms with Gasteiger partial charge in [-0.25, -0.2) is 9.97 Å². The fourth-order valence-corrected chi connectivity index (χ4v) is 5.78. The quantitative estimate of drug-likeness (QED) is 0.441. The predicted octanol–water partition coefficient (Wildman–Crippen LogP) is 6.15. The van der Waals surface area contributed by atoms with Crippen molar-refractivity contribution in [2.75, 3.05) is 18.4 Å². The second kappa shape index (κ2) is 7.28. The minimum absolute atomic E-state index is 0.454. The average molecular weight is 407 g/mol. The number of benzene rings is 1. The smallest absolute Gasteiger partial charge is 0.125 e. The predicted molar refractivity (Wildman–Crippen MR) is 122 cm³/mol. The zero-order chi connectivity index (χ0) is 19.1. The van der Waals surface area contributed by atoms with Gasteiger partial charge in [-0.15, -0.1) is 22.7 Å². The lowest BCUT2D eigenvalue weighted by Gasteiger charge is -2.32. The van der Waals surface area contributed by atoms with E-state index in [1.54, 1.807) is 22.7 Å². The lowest BCUT2D eigenvalue weighted by Crippen LogP contribution is -2.36. The summed E-state index contributed by atoms with van der Waals surface area (Å²) in [5, 5.41) is 4.76. The largest absolute Gasteiger partial charge is 0.355 e. The summed E-state index contributed by atoms with van der Waals surface area (Å²) in [4.78, 5) is 14.0. The number of aromatic nitrogens is 2. The van der Waals surface area contributed by atoms with Crippen molar-refractivity contribution in [1.29, 1.82) is 0 Å². The zero-order valence-electron chi connectivity index (χ0n) is 16.0. The number of thiazole rings is 1. The fourth-order valence-electron chi connectivity index (χ4n) is 3.97.